The number of esters is 4. The van der Waals surface area contributed by atoms with Gasteiger partial charge in [0.1, 0.15) is 47.7 Å². The van der Waals surface area contributed by atoms with Crippen LogP contribution >= 0.6 is 0 Å². The number of fused-ring (bicyclic) bond motifs is 4. The monoisotopic (exact) mass is 1160 g/mol. The van der Waals surface area contributed by atoms with Crippen molar-refractivity contribution in [2.24, 2.45) is 0 Å². The van der Waals surface area contributed by atoms with Crippen LogP contribution in [0.15, 0.2) is 159 Å². The quantitative estimate of drug-likeness (QED) is 0.00929. The number of methoxy groups -OCH3 is 2. The molecule has 0 saturated carbocycles. The van der Waals surface area contributed by atoms with Crippen LogP contribution in [0.5, 0.6) is 46.0 Å². The summed E-state index contributed by atoms with van der Waals surface area (Å²) in [5.74, 6) is 2.27. The molecular formula is C69H72O16. The molecule has 0 amide bonds. The minimum Gasteiger partial charge on any atom is -0.496 e. The second-order valence-electron chi connectivity index (χ2n) is 20.2. The van der Waals surface area contributed by atoms with Crippen molar-refractivity contribution in [3.05, 3.63) is 203 Å². The average Bonchev–Trinajstić information content (AvgIpc) is 1.63. The first-order chi connectivity index (χ1) is 41.6. The molecule has 85 heavy (non-hydrogen) atoms. The summed E-state index contributed by atoms with van der Waals surface area (Å²) in [4.78, 5) is 72.1. The third-order valence-corrected chi connectivity index (χ3v) is 14.5. The molecule has 1 atom stereocenters. The Bertz CT molecular complexity index is 3290. The van der Waals surface area contributed by atoms with Gasteiger partial charge in [-0.2, -0.15) is 9.78 Å². The first-order valence-electron chi connectivity index (χ1n) is 28.6. The number of hydrogen-bond acceptors (Lipinski definition) is 16. The van der Waals surface area contributed by atoms with E-state index in [-0.39, 0.29) is 19.0 Å². The second kappa shape index (κ2) is 32.1. The lowest BCUT2D eigenvalue weighted by Crippen LogP contribution is -2.24. The predicted octanol–water partition coefficient (Wildman–Crippen LogP) is 13.6. The van der Waals surface area contributed by atoms with Crippen LogP contribution in [0.2, 0.25) is 0 Å². The molecule has 16 heteroatoms. The van der Waals surface area contributed by atoms with E-state index in [0.29, 0.717) is 72.1 Å². The molecule has 0 N–H and O–H groups in total. The van der Waals surface area contributed by atoms with E-state index in [1.54, 1.807) is 67.8 Å². The van der Waals surface area contributed by atoms with Crippen LogP contribution in [0.3, 0.4) is 0 Å². The van der Waals surface area contributed by atoms with Crippen LogP contribution in [-0.2, 0) is 58.5 Å². The maximum absolute atomic E-state index is 13.6. The molecule has 0 fully saturated rings. The number of hydrogen-bond donors (Lipinski definition) is 0. The molecular weight excluding hydrogens is 1080 g/mol. The van der Waals surface area contributed by atoms with E-state index >= 15 is 0 Å². The molecule has 0 heterocycles. The highest BCUT2D eigenvalue weighted by atomic mass is 17.2. The van der Waals surface area contributed by atoms with E-state index in [1.807, 2.05) is 66.7 Å². The molecule has 1 spiro atoms. The van der Waals surface area contributed by atoms with Crippen LogP contribution in [0, 0.1) is 0 Å². The Balaban J connectivity index is 0.792. The van der Waals surface area contributed by atoms with Crippen LogP contribution in [0.4, 0.5) is 0 Å². The zero-order valence-electron chi connectivity index (χ0n) is 48.2. The molecule has 0 radical (unpaired) electrons. The van der Waals surface area contributed by atoms with Gasteiger partial charge in [-0.3, -0.25) is 0 Å². The smallest absolute Gasteiger partial charge is 0.343 e. The van der Waals surface area contributed by atoms with Gasteiger partial charge in [0.25, 0.3) is 0 Å². The van der Waals surface area contributed by atoms with E-state index in [1.165, 1.54) is 19.3 Å². The van der Waals surface area contributed by atoms with Gasteiger partial charge >= 0.3 is 23.9 Å². The summed E-state index contributed by atoms with van der Waals surface area (Å²) in [7, 11) is 3.08. The first-order valence-corrected chi connectivity index (χ1v) is 28.6. The lowest BCUT2D eigenvalue weighted by Gasteiger charge is -2.29. The number of aryl methyl sites for hydroxylation is 2. The van der Waals surface area contributed by atoms with Gasteiger partial charge in [-0.25, -0.2) is 19.2 Å². The Labute approximate surface area is 496 Å². The zero-order valence-corrected chi connectivity index (χ0v) is 48.2. The largest absolute Gasteiger partial charge is 0.496 e. The molecule has 0 aliphatic heterocycles. The van der Waals surface area contributed by atoms with Gasteiger partial charge in [0.05, 0.1) is 46.2 Å². The van der Waals surface area contributed by atoms with Gasteiger partial charge in [-0.1, -0.05) is 61.7 Å². The highest BCUT2D eigenvalue weighted by molar-refractivity contribution is 5.92. The van der Waals surface area contributed by atoms with Gasteiger partial charge in [-0.15, -0.1) is 0 Å². The third kappa shape index (κ3) is 17.7. The molecule has 2 aliphatic rings. The Morgan fingerprint density at radius 2 is 1.04 bits per heavy atom. The Morgan fingerprint density at radius 3 is 1.64 bits per heavy atom. The highest BCUT2D eigenvalue weighted by Gasteiger charge is 2.49. The van der Waals surface area contributed by atoms with Crippen molar-refractivity contribution in [1.82, 2.24) is 0 Å². The molecule has 6 aromatic carbocycles. The number of ether oxygens (including phenoxy) is 8. The van der Waals surface area contributed by atoms with Crippen molar-refractivity contribution in [3.8, 4) is 46.0 Å². The molecule has 444 valence electrons. The summed E-state index contributed by atoms with van der Waals surface area (Å²) in [6.45, 7) is 9.03. The van der Waals surface area contributed by atoms with Gasteiger partial charge < -0.3 is 47.7 Å². The standard InChI is InChI=1S/C69H72O16/c1-5-63(70)78-43-13-9-7-11-41-76-55-30-23-49(24-31-55)48-81-84-58-35-26-50(62(47-58)75-4)20-17-45-80-85-60-22-16-19-53-38-40-69(67(53)60)39-37-52-18-15-21-59(66(52)69)83-65(72)36-29-51-25-34-57(46-61(51)74-3)82-68(73)54-27-32-56(33-28-54)77-42-12-8-10-14-44-79-64(71)6-2/h5-6,15-36,46-47H,1-2,7-14,37-45,48H2,3-4H3/b20-17+,36-29-. The Hall–Kier alpha value is -9.12. The maximum atomic E-state index is 13.6. The fourth-order valence-corrected chi connectivity index (χ4v) is 10.3. The highest BCUT2D eigenvalue weighted by Crippen LogP contribution is 2.57. The van der Waals surface area contributed by atoms with Crippen LogP contribution in [-0.4, -0.2) is 71.1 Å². The van der Waals surface area contributed by atoms with Crippen LogP contribution < -0.4 is 38.2 Å². The molecule has 0 aromatic heterocycles. The van der Waals surface area contributed by atoms with Crippen molar-refractivity contribution < 1.29 is 76.6 Å². The van der Waals surface area contributed by atoms with Crippen LogP contribution in [0.1, 0.15) is 114 Å². The van der Waals surface area contributed by atoms with E-state index in [4.69, 9.17) is 57.4 Å². The molecule has 16 nitrogen and oxygen atoms in total. The summed E-state index contributed by atoms with van der Waals surface area (Å²) in [5.41, 5.74) is 6.43. The number of carbonyl (C=O) groups excluding carboxylic acids is 4. The number of benzene rings is 6. The zero-order chi connectivity index (χ0) is 59.6. The van der Waals surface area contributed by atoms with Crippen molar-refractivity contribution >= 4 is 36.0 Å². The Kier molecular flexibility index (Phi) is 23.4. The van der Waals surface area contributed by atoms with Crippen molar-refractivity contribution in [2.45, 2.75) is 89.1 Å². The Morgan fingerprint density at radius 1 is 0.506 bits per heavy atom. The lowest BCUT2D eigenvalue weighted by molar-refractivity contribution is -0.217. The maximum Gasteiger partial charge on any atom is 0.343 e. The van der Waals surface area contributed by atoms with Crippen molar-refractivity contribution in [3.63, 3.8) is 0 Å². The van der Waals surface area contributed by atoms with Gasteiger partial charge in [0, 0.05) is 58.0 Å². The van der Waals surface area contributed by atoms with E-state index < -0.39 is 29.3 Å². The molecule has 0 saturated heterocycles. The van der Waals surface area contributed by atoms with Crippen molar-refractivity contribution in [2.75, 3.05) is 47.3 Å². The summed E-state index contributed by atoms with van der Waals surface area (Å²) < 4.78 is 44.8. The van der Waals surface area contributed by atoms with E-state index in [0.717, 1.165) is 122 Å². The fourth-order valence-electron chi connectivity index (χ4n) is 10.3. The summed E-state index contributed by atoms with van der Waals surface area (Å²) in [6.07, 6.45) is 19.3. The number of unbranched alkanes of at least 4 members (excludes halogenated alkanes) is 6. The van der Waals surface area contributed by atoms with Gasteiger partial charge in [0.15, 0.2) is 11.5 Å². The van der Waals surface area contributed by atoms with Crippen LogP contribution in [0.25, 0.3) is 12.2 Å². The normalized spacial score (nSPS) is 13.9. The average molecular weight is 1160 g/mol. The second-order valence-corrected chi connectivity index (χ2v) is 20.2. The molecule has 1 unspecified atom stereocenters. The molecule has 2 aliphatic carbocycles. The van der Waals surface area contributed by atoms with E-state index in [2.05, 4.69) is 25.3 Å². The van der Waals surface area contributed by atoms with Gasteiger partial charge in [0.2, 0.25) is 0 Å². The molecule has 8 rings (SSSR count). The van der Waals surface area contributed by atoms with Gasteiger partial charge in [-0.05, 0) is 173 Å². The fraction of sp³-hybridized carbons (Fsp3) is 0.304. The summed E-state index contributed by atoms with van der Waals surface area (Å²) in [5, 5.41) is 0. The first kappa shape index (κ1) is 61.9. The topological polar surface area (TPSA) is 179 Å². The number of rotatable bonds is 34. The molecule has 6 aromatic rings. The SMILES string of the molecule is C=CC(=O)OCCCCCCOc1ccc(COOc2ccc(/C=C/COOc3cccc4c3C3(CC4)CCc4cccc(OC(=O)/C=C\c5ccc(OC(=O)c6ccc(OCCCCCCOC(=O)C=C)cc6)cc5OC)c43)c(OC)c2)cc1. The minimum absolute atomic E-state index is 0.140. The minimum atomic E-state index is -0.568. The third-order valence-electron chi connectivity index (χ3n) is 14.5. The number of carbonyl (C=O) groups is 4. The summed E-state index contributed by atoms with van der Waals surface area (Å²) in [6, 6.07) is 36.5. The lowest BCUT2D eigenvalue weighted by atomic mass is 9.76. The summed E-state index contributed by atoms with van der Waals surface area (Å²) >= 11 is 0. The van der Waals surface area contributed by atoms with Crippen molar-refractivity contribution in [1.29, 1.82) is 0 Å². The van der Waals surface area contributed by atoms with E-state index in [9.17, 15) is 19.2 Å². The predicted molar refractivity (Wildman–Crippen MR) is 320 cm³/mol. The molecule has 0 bridgehead atoms.